The van der Waals surface area contributed by atoms with Gasteiger partial charge in [0.25, 0.3) is 0 Å². The molecule has 0 heterocycles. The summed E-state index contributed by atoms with van der Waals surface area (Å²) in [6.45, 7) is 8.90. The van der Waals surface area contributed by atoms with Crippen LogP contribution in [0, 0.1) is 11.2 Å². The Labute approximate surface area is 163 Å². The fourth-order valence-corrected chi connectivity index (χ4v) is 4.78. The smallest absolute Gasteiger partial charge is 0.335 e. The average molecular weight is 381 g/mol. The van der Waals surface area contributed by atoms with Crippen LogP contribution in [0.1, 0.15) is 67.6 Å². The van der Waals surface area contributed by atoms with E-state index in [-0.39, 0.29) is 16.4 Å². The van der Waals surface area contributed by atoms with Gasteiger partial charge in [-0.25, -0.2) is 9.00 Å². The van der Waals surface area contributed by atoms with E-state index >= 15 is 0 Å². The van der Waals surface area contributed by atoms with Crippen LogP contribution >= 0.6 is 0 Å². The monoisotopic (exact) mass is 380 g/mol. The van der Waals surface area contributed by atoms with Crippen molar-refractivity contribution in [3.8, 4) is 11.2 Å². The molecular formula is C23H24O3S. The lowest BCUT2D eigenvalue weighted by Crippen LogP contribution is -2.34. The lowest BCUT2D eigenvalue weighted by Gasteiger charge is -2.42. The van der Waals surface area contributed by atoms with Crippen LogP contribution in [0.2, 0.25) is 0 Å². The maximum atomic E-state index is 13.0. The summed E-state index contributed by atoms with van der Waals surface area (Å²) in [6, 6.07) is 12.3. The molecule has 2 aromatic carbocycles. The van der Waals surface area contributed by atoms with Crippen LogP contribution < -0.4 is 0 Å². The highest BCUT2D eigenvalue weighted by molar-refractivity contribution is 7.90. The highest BCUT2D eigenvalue weighted by Crippen LogP contribution is 2.47. The van der Waals surface area contributed by atoms with Crippen LogP contribution in [0.4, 0.5) is 0 Å². The molecule has 27 heavy (non-hydrogen) atoms. The van der Waals surface area contributed by atoms with Crippen molar-refractivity contribution in [3.63, 3.8) is 0 Å². The average Bonchev–Trinajstić information content (AvgIpc) is 2.63. The quantitative estimate of drug-likeness (QED) is 0.758. The predicted octanol–water partition coefficient (Wildman–Crippen LogP) is 4.85. The van der Waals surface area contributed by atoms with Crippen molar-refractivity contribution in [2.24, 2.45) is 0 Å². The van der Waals surface area contributed by atoms with E-state index in [1.54, 1.807) is 12.1 Å². The minimum absolute atomic E-state index is 0.0398. The van der Waals surface area contributed by atoms with Gasteiger partial charge < -0.3 is 5.11 Å². The molecule has 0 aromatic heterocycles. The summed E-state index contributed by atoms with van der Waals surface area (Å²) in [5.74, 6) is 1.95. The molecule has 1 N–H and O–H groups in total. The standard InChI is InChI=1S/C23H24O3S/c1-22(2)13-14-23(3,4)20-18(22)6-5-7-19(20)27(26)15-12-16-8-10-17(11-9-16)21(24)25/h5-11H,13-14H2,1-4H3,(H,24,25). The van der Waals surface area contributed by atoms with Crippen LogP contribution in [-0.2, 0) is 21.6 Å². The molecule has 2 aromatic rings. The fourth-order valence-electron chi connectivity index (χ4n) is 3.69. The Kier molecular flexibility index (Phi) is 5.01. The van der Waals surface area contributed by atoms with Crippen LogP contribution in [-0.4, -0.2) is 15.3 Å². The maximum Gasteiger partial charge on any atom is 0.335 e. The number of benzene rings is 2. The zero-order chi connectivity index (χ0) is 19.8. The van der Waals surface area contributed by atoms with Crippen LogP contribution in [0.5, 0.6) is 0 Å². The van der Waals surface area contributed by atoms with Crippen molar-refractivity contribution in [2.45, 2.75) is 56.3 Å². The molecule has 3 rings (SSSR count). The van der Waals surface area contributed by atoms with Crippen molar-refractivity contribution in [1.82, 2.24) is 0 Å². The SMILES string of the molecule is CC1(C)CCC(C)(C)c2c(S(=O)C#Cc3ccc(C(=O)O)cc3)cccc21. The molecule has 0 saturated carbocycles. The third kappa shape index (κ3) is 3.84. The lowest BCUT2D eigenvalue weighted by atomic mass is 9.63. The summed E-state index contributed by atoms with van der Waals surface area (Å²) in [6.07, 6.45) is 2.15. The Morgan fingerprint density at radius 3 is 2.26 bits per heavy atom. The zero-order valence-electron chi connectivity index (χ0n) is 16.1. The van der Waals surface area contributed by atoms with Gasteiger partial charge in [0.2, 0.25) is 0 Å². The van der Waals surface area contributed by atoms with E-state index in [1.165, 1.54) is 17.7 Å². The summed E-state index contributed by atoms with van der Waals surface area (Å²) < 4.78 is 13.0. The molecule has 0 spiro atoms. The number of carboxylic acids is 1. The van der Waals surface area contributed by atoms with Crippen molar-refractivity contribution >= 4 is 16.8 Å². The molecule has 0 fully saturated rings. The van der Waals surface area contributed by atoms with Gasteiger partial charge in [0.15, 0.2) is 0 Å². The minimum atomic E-state index is -1.44. The molecule has 140 valence electrons. The largest absolute Gasteiger partial charge is 0.478 e. The molecule has 1 atom stereocenters. The molecule has 0 saturated heterocycles. The molecule has 0 bridgehead atoms. The van der Waals surface area contributed by atoms with Gasteiger partial charge in [0.05, 0.1) is 10.5 Å². The van der Waals surface area contributed by atoms with Gasteiger partial charge in [-0.3, -0.25) is 0 Å². The first kappa shape index (κ1) is 19.4. The minimum Gasteiger partial charge on any atom is -0.478 e. The lowest BCUT2D eigenvalue weighted by molar-refractivity contribution is 0.0697. The first-order chi connectivity index (χ1) is 12.6. The van der Waals surface area contributed by atoms with E-state index in [4.69, 9.17) is 5.11 Å². The fraction of sp³-hybridized carbons (Fsp3) is 0.348. The summed E-state index contributed by atoms with van der Waals surface area (Å²) in [4.78, 5) is 11.7. The molecule has 4 heteroatoms. The second-order valence-corrected chi connectivity index (χ2v) is 9.51. The first-order valence-electron chi connectivity index (χ1n) is 9.03. The van der Waals surface area contributed by atoms with E-state index in [1.807, 2.05) is 12.1 Å². The highest BCUT2D eigenvalue weighted by Gasteiger charge is 2.39. The van der Waals surface area contributed by atoms with E-state index in [0.29, 0.717) is 5.56 Å². The van der Waals surface area contributed by atoms with Gasteiger partial charge in [-0.05, 0) is 65.1 Å². The van der Waals surface area contributed by atoms with Gasteiger partial charge in [0, 0.05) is 10.8 Å². The summed E-state index contributed by atoms with van der Waals surface area (Å²) in [5.41, 5.74) is 3.31. The molecule has 1 aliphatic carbocycles. The Morgan fingerprint density at radius 2 is 1.63 bits per heavy atom. The Morgan fingerprint density at radius 1 is 1.00 bits per heavy atom. The predicted molar refractivity (Wildman–Crippen MR) is 108 cm³/mol. The van der Waals surface area contributed by atoms with Crippen molar-refractivity contribution in [2.75, 3.05) is 0 Å². The number of rotatable bonds is 2. The van der Waals surface area contributed by atoms with Gasteiger partial charge in [-0.15, -0.1) is 0 Å². The number of aromatic carboxylic acids is 1. The zero-order valence-corrected chi connectivity index (χ0v) is 16.9. The summed E-state index contributed by atoms with van der Waals surface area (Å²) in [7, 11) is -1.44. The van der Waals surface area contributed by atoms with Gasteiger partial charge in [0.1, 0.15) is 10.8 Å². The Balaban J connectivity index is 1.99. The van der Waals surface area contributed by atoms with E-state index in [9.17, 15) is 9.00 Å². The molecule has 3 nitrogen and oxygen atoms in total. The topological polar surface area (TPSA) is 54.4 Å². The number of hydrogen-bond acceptors (Lipinski definition) is 2. The van der Waals surface area contributed by atoms with Crippen LogP contribution in [0.25, 0.3) is 0 Å². The summed E-state index contributed by atoms with van der Waals surface area (Å²) in [5, 5.41) is 11.8. The number of carboxylic acid groups (broad SMARTS) is 1. The second kappa shape index (κ2) is 6.98. The number of fused-ring (bicyclic) bond motifs is 1. The normalized spacial score (nSPS) is 17.9. The van der Waals surface area contributed by atoms with Gasteiger partial charge in [-0.2, -0.15) is 0 Å². The van der Waals surface area contributed by atoms with Crippen LogP contribution in [0.15, 0.2) is 47.4 Å². The molecule has 0 amide bonds. The molecule has 0 radical (unpaired) electrons. The first-order valence-corrected chi connectivity index (χ1v) is 10.2. The second-order valence-electron chi connectivity index (χ2n) is 8.32. The maximum absolute atomic E-state index is 13.0. The number of hydrogen-bond donors (Lipinski definition) is 1. The van der Waals surface area contributed by atoms with E-state index in [2.05, 4.69) is 44.9 Å². The van der Waals surface area contributed by atoms with Gasteiger partial charge in [-0.1, -0.05) is 45.7 Å². The molecule has 1 unspecified atom stereocenters. The molecule has 1 aliphatic rings. The van der Waals surface area contributed by atoms with Crippen molar-refractivity contribution < 1.29 is 14.1 Å². The third-order valence-corrected chi connectivity index (χ3v) is 6.45. The number of carbonyl (C=O) groups is 1. The van der Waals surface area contributed by atoms with Crippen LogP contribution in [0.3, 0.4) is 0 Å². The Bertz CT molecular complexity index is 973. The van der Waals surface area contributed by atoms with Crippen molar-refractivity contribution in [3.05, 3.63) is 64.7 Å². The van der Waals surface area contributed by atoms with E-state index in [0.717, 1.165) is 23.3 Å². The molecular weight excluding hydrogens is 356 g/mol. The van der Waals surface area contributed by atoms with E-state index < -0.39 is 16.8 Å². The van der Waals surface area contributed by atoms with Crippen molar-refractivity contribution in [1.29, 1.82) is 0 Å². The summed E-state index contributed by atoms with van der Waals surface area (Å²) >= 11 is 0. The third-order valence-electron chi connectivity index (χ3n) is 5.43. The Hall–Kier alpha value is -2.38. The van der Waals surface area contributed by atoms with Gasteiger partial charge >= 0.3 is 5.97 Å². The molecule has 0 aliphatic heterocycles. The highest BCUT2D eigenvalue weighted by atomic mass is 32.2.